The summed E-state index contributed by atoms with van der Waals surface area (Å²) in [4.78, 5) is 0. The number of rotatable bonds is 1. The minimum Gasteiger partial charge on any atom is -0.377 e. The van der Waals surface area contributed by atoms with Crippen LogP contribution in [0.4, 0.5) is 0 Å². The van der Waals surface area contributed by atoms with Gasteiger partial charge in [0, 0.05) is 11.6 Å². The highest BCUT2D eigenvalue weighted by Crippen LogP contribution is 2.31. The Kier molecular flexibility index (Phi) is 3.12. The Hall–Kier alpha value is -0.370. The van der Waals surface area contributed by atoms with Gasteiger partial charge in [-0.2, -0.15) is 0 Å². The van der Waals surface area contributed by atoms with Gasteiger partial charge in [0.15, 0.2) is 0 Å². The van der Waals surface area contributed by atoms with E-state index in [1.165, 1.54) is 10.6 Å². The maximum Gasteiger partial charge on any atom is 0.0480 e. The highest BCUT2D eigenvalue weighted by atomic mass is 32.2. The molecule has 1 nitrogen and oxygen atoms in total. The maximum absolute atomic E-state index is 3.50. The maximum atomic E-state index is 3.50. The van der Waals surface area contributed by atoms with Crippen molar-refractivity contribution in [2.24, 2.45) is 5.41 Å². The minimum absolute atomic E-state index is 0.0319. The Balaban J connectivity index is 2.77. The summed E-state index contributed by atoms with van der Waals surface area (Å²) in [5.74, 6) is 0. The fraction of sp³-hybridized carbons (Fsp3) is 0.636. The first kappa shape index (κ1) is 10.7. The van der Waals surface area contributed by atoms with E-state index in [0.717, 1.165) is 6.54 Å². The second-order valence-corrected chi connectivity index (χ2v) is 7.01. The van der Waals surface area contributed by atoms with Gasteiger partial charge in [0.1, 0.15) is 0 Å². The van der Waals surface area contributed by atoms with Crippen LogP contribution in [0.1, 0.15) is 20.8 Å². The van der Waals surface area contributed by atoms with Crippen LogP contribution in [0, 0.1) is 5.41 Å². The predicted octanol–water partition coefficient (Wildman–Crippen LogP) is 2.66. The second kappa shape index (κ2) is 3.79. The van der Waals surface area contributed by atoms with E-state index in [9.17, 15) is 0 Å². The fourth-order valence-electron chi connectivity index (χ4n) is 1.31. The lowest BCUT2D eigenvalue weighted by molar-refractivity contribution is 0.485. The van der Waals surface area contributed by atoms with Crippen molar-refractivity contribution in [2.75, 3.05) is 19.1 Å². The summed E-state index contributed by atoms with van der Waals surface area (Å²) in [6, 6.07) is 0. The molecule has 2 heteroatoms. The molecule has 0 fully saturated rings. The van der Waals surface area contributed by atoms with Gasteiger partial charge in [0.2, 0.25) is 0 Å². The molecule has 0 unspecified atom stereocenters. The molecule has 0 aliphatic carbocycles. The molecular formula is C11H21NS. The van der Waals surface area contributed by atoms with E-state index >= 15 is 0 Å². The molecule has 1 N–H and O–H groups in total. The van der Waals surface area contributed by atoms with Gasteiger partial charge in [-0.3, -0.25) is 0 Å². The van der Waals surface area contributed by atoms with Crippen LogP contribution < -0.4 is 5.32 Å². The van der Waals surface area contributed by atoms with Gasteiger partial charge in [-0.05, 0) is 29.6 Å². The lowest BCUT2D eigenvalue weighted by Gasteiger charge is -2.28. The summed E-state index contributed by atoms with van der Waals surface area (Å²) in [7, 11) is 0.0319. The molecule has 0 aromatic carbocycles. The van der Waals surface area contributed by atoms with E-state index in [0.29, 0.717) is 5.41 Å². The van der Waals surface area contributed by atoms with Crippen molar-refractivity contribution < 1.29 is 0 Å². The van der Waals surface area contributed by atoms with Gasteiger partial charge in [-0.25, -0.2) is 10.9 Å². The molecule has 0 amide bonds. The number of hydrogen-bond acceptors (Lipinski definition) is 1. The number of thiol groups is 1. The van der Waals surface area contributed by atoms with E-state index in [2.05, 4.69) is 50.8 Å². The molecule has 0 radical (unpaired) electrons. The van der Waals surface area contributed by atoms with Crippen molar-refractivity contribution in [2.45, 2.75) is 20.8 Å². The number of dihydropyridines is 1. The molecule has 0 atom stereocenters. The van der Waals surface area contributed by atoms with Gasteiger partial charge in [0.25, 0.3) is 0 Å². The van der Waals surface area contributed by atoms with Crippen molar-refractivity contribution in [1.82, 2.24) is 5.32 Å². The van der Waals surface area contributed by atoms with Crippen molar-refractivity contribution in [3.63, 3.8) is 0 Å². The van der Waals surface area contributed by atoms with Crippen molar-refractivity contribution in [3.8, 4) is 0 Å². The summed E-state index contributed by atoms with van der Waals surface area (Å²) in [6.07, 6.45) is 9.10. The van der Waals surface area contributed by atoms with Gasteiger partial charge < -0.3 is 5.32 Å². The molecular weight excluding hydrogens is 178 g/mol. The predicted molar refractivity (Wildman–Crippen MR) is 64.5 cm³/mol. The quantitative estimate of drug-likeness (QED) is 0.619. The Morgan fingerprint density at radius 2 is 1.85 bits per heavy atom. The Bertz CT molecular complexity index is 243. The monoisotopic (exact) mass is 199 g/mol. The molecule has 1 rings (SSSR count). The zero-order valence-corrected chi connectivity index (χ0v) is 10.2. The zero-order valence-electron chi connectivity index (χ0n) is 9.31. The average molecular weight is 199 g/mol. The topological polar surface area (TPSA) is 12.0 Å². The van der Waals surface area contributed by atoms with Gasteiger partial charge in [0.05, 0.1) is 0 Å². The minimum atomic E-state index is 0.0319. The van der Waals surface area contributed by atoms with Crippen LogP contribution in [0.3, 0.4) is 0 Å². The van der Waals surface area contributed by atoms with Crippen LogP contribution in [0.15, 0.2) is 22.8 Å². The first-order chi connectivity index (χ1) is 5.91. The molecule has 13 heavy (non-hydrogen) atoms. The van der Waals surface area contributed by atoms with E-state index < -0.39 is 0 Å². The zero-order chi connectivity index (χ0) is 10.1. The third kappa shape index (κ3) is 2.80. The molecule has 0 saturated heterocycles. The van der Waals surface area contributed by atoms with Crippen LogP contribution >= 0.6 is 10.9 Å². The Morgan fingerprint density at radius 1 is 1.23 bits per heavy atom. The molecule has 0 bridgehead atoms. The molecule has 0 spiro atoms. The highest BCUT2D eigenvalue weighted by molar-refractivity contribution is 8.19. The molecule has 0 saturated carbocycles. The van der Waals surface area contributed by atoms with E-state index in [1.54, 1.807) is 0 Å². The lowest BCUT2D eigenvalue weighted by Crippen LogP contribution is -2.25. The Morgan fingerprint density at radius 3 is 2.15 bits per heavy atom. The number of nitrogens with one attached hydrogen (secondary N) is 1. The first-order valence-electron chi connectivity index (χ1n) is 4.74. The van der Waals surface area contributed by atoms with Gasteiger partial charge in [-0.15, -0.1) is 0 Å². The first-order valence-corrected chi connectivity index (χ1v) is 6.97. The van der Waals surface area contributed by atoms with Crippen molar-refractivity contribution >= 4 is 10.9 Å². The van der Waals surface area contributed by atoms with Crippen molar-refractivity contribution in [3.05, 3.63) is 22.8 Å². The molecule has 1 heterocycles. The Labute approximate surface area is 84.6 Å². The third-order valence-electron chi connectivity index (χ3n) is 2.35. The van der Waals surface area contributed by atoms with Crippen LogP contribution in [0.5, 0.6) is 0 Å². The normalized spacial score (nSPS) is 18.7. The molecule has 0 aromatic rings. The molecule has 76 valence electrons. The second-order valence-electron chi connectivity index (χ2n) is 4.74. The summed E-state index contributed by atoms with van der Waals surface area (Å²) >= 11 is 0. The van der Waals surface area contributed by atoms with Gasteiger partial charge >= 0.3 is 0 Å². The van der Waals surface area contributed by atoms with E-state index in [-0.39, 0.29) is 10.9 Å². The van der Waals surface area contributed by atoms with E-state index in [4.69, 9.17) is 0 Å². The van der Waals surface area contributed by atoms with Crippen LogP contribution in [0.25, 0.3) is 0 Å². The SMILES string of the molecule is C[SH](C)C1=CC=C(C(C)(C)C)CN1. The molecule has 0 aromatic heterocycles. The summed E-state index contributed by atoms with van der Waals surface area (Å²) < 4.78 is 0. The summed E-state index contributed by atoms with van der Waals surface area (Å²) in [5, 5.41) is 4.92. The fourth-order valence-corrected chi connectivity index (χ4v) is 2.07. The van der Waals surface area contributed by atoms with Crippen LogP contribution in [-0.4, -0.2) is 19.1 Å². The standard InChI is InChI=1S/C11H21NS/c1-11(2,3)9-6-7-10(12-8-9)13(4)5/h6-7,12-13H,8H2,1-5H3. The molecule has 1 aliphatic rings. The van der Waals surface area contributed by atoms with Gasteiger partial charge in [-0.1, -0.05) is 26.8 Å². The third-order valence-corrected chi connectivity index (χ3v) is 3.62. The van der Waals surface area contributed by atoms with Crippen LogP contribution in [-0.2, 0) is 0 Å². The van der Waals surface area contributed by atoms with Crippen molar-refractivity contribution in [1.29, 1.82) is 0 Å². The summed E-state index contributed by atoms with van der Waals surface area (Å²) in [5.41, 5.74) is 1.80. The number of allylic oxidation sites excluding steroid dienone is 2. The summed E-state index contributed by atoms with van der Waals surface area (Å²) in [6.45, 7) is 7.82. The molecule has 1 aliphatic heterocycles. The number of hydrogen-bond donors (Lipinski definition) is 2. The highest BCUT2D eigenvalue weighted by Gasteiger charge is 2.18. The smallest absolute Gasteiger partial charge is 0.0480 e. The van der Waals surface area contributed by atoms with Crippen LogP contribution in [0.2, 0.25) is 0 Å². The lowest BCUT2D eigenvalue weighted by atomic mass is 9.85. The van der Waals surface area contributed by atoms with E-state index in [1.807, 2.05) is 0 Å². The average Bonchev–Trinajstić information content (AvgIpc) is 2.03. The largest absolute Gasteiger partial charge is 0.377 e.